The van der Waals surface area contributed by atoms with Gasteiger partial charge in [0.2, 0.25) is 5.91 Å². The summed E-state index contributed by atoms with van der Waals surface area (Å²) in [6.45, 7) is 4.92. The summed E-state index contributed by atoms with van der Waals surface area (Å²) >= 11 is 0. The van der Waals surface area contributed by atoms with Crippen LogP contribution in [0.3, 0.4) is 0 Å². The number of carbonyl (C=O) groups excluding carboxylic acids is 2. The predicted molar refractivity (Wildman–Crippen MR) is 333 cm³/mol. The van der Waals surface area contributed by atoms with E-state index in [1.54, 1.807) is 6.08 Å². The molecule has 3 N–H and O–H groups in total. The van der Waals surface area contributed by atoms with Gasteiger partial charge in [0.1, 0.15) is 0 Å². The van der Waals surface area contributed by atoms with Crippen molar-refractivity contribution in [2.24, 2.45) is 0 Å². The number of ether oxygens (including phenoxy) is 1. The maximum Gasteiger partial charge on any atom is 0.305 e. The summed E-state index contributed by atoms with van der Waals surface area (Å²) in [4.78, 5) is 24.6. The number of nitrogens with one attached hydrogen (secondary N) is 1. The predicted octanol–water partition coefficient (Wildman–Crippen LogP) is 21.9. The molecule has 76 heavy (non-hydrogen) atoms. The second-order valence-corrected chi connectivity index (χ2v) is 23.5. The highest BCUT2D eigenvalue weighted by molar-refractivity contribution is 5.76. The number of aliphatic hydroxyl groups excluding tert-OH is 2. The normalized spacial score (nSPS) is 12.7. The highest BCUT2D eigenvalue weighted by Crippen LogP contribution is 2.18. The van der Waals surface area contributed by atoms with Crippen molar-refractivity contribution in [3.05, 3.63) is 36.5 Å². The third-order valence-corrected chi connectivity index (χ3v) is 15.9. The quantitative estimate of drug-likeness (QED) is 0.0320. The first-order chi connectivity index (χ1) is 37.5. The lowest BCUT2D eigenvalue weighted by molar-refractivity contribution is -0.143. The molecule has 0 rings (SSSR count). The number of aliphatic hydroxyl groups is 2. The van der Waals surface area contributed by atoms with E-state index in [9.17, 15) is 19.8 Å². The van der Waals surface area contributed by atoms with Gasteiger partial charge in [-0.15, -0.1) is 0 Å². The molecule has 0 radical (unpaired) electrons. The van der Waals surface area contributed by atoms with Crippen molar-refractivity contribution in [2.45, 2.75) is 386 Å². The van der Waals surface area contributed by atoms with E-state index in [2.05, 4.69) is 43.5 Å². The van der Waals surface area contributed by atoms with Crippen molar-refractivity contribution in [1.82, 2.24) is 5.32 Å². The highest BCUT2D eigenvalue weighted by Gasteiger charge is 2.18. The summed E-state index contributed by atoms with van der Waals surface area (Å²) in [7, 11) is 0. The fourth-order valence-electron chi connectivity index (χ4n) is 10.6. The van der Waals surface area contributed by atoms with Crippen LogP contribution in [0.4, 0.5) is 0 Å². The van der Waals surface area contributed by atoms with E-state index >= 15 is 0 Å². The minimum Gasteiger partial charge on any atom is -0.466 e. The first-order valence-corrected chi connectivity index (χ1v) is 34.3. The van der Waals surface area contributed by atoms with Crippen LogP contribution in [0, 0.1) is 0 Å². The summed E-state index contributed by atoms with van der Waals surface area (Å²) in [5.41, 5.74) is 0. The number of carbonyl (C=O) groups is 2. The lowest BCUT2D eigenvalue weighted by Crippen LogP contribution is -2.45. The van der Waals surface area contributed by atoms with E-state index in [0.29, 0.717) is 19.4 Å². The average Bonchev–Trinajstić information content (AvgIpc) is 3.42. The Kier molecular flexibility index (Phi) is 63.9. The molecule has 0 aromatic carbocycles. The van der Waals surface area contributed by atoms with E-state index in [1.165, 1.54) is 302 Å². The van der Waals surface area contributed by atoms with Gasteiger partial charge < -0.3 is 20.3 Å². The second kappa shape index (κ2) is 65.6. The summed E-state index contributed by atoms with van der Waals surface area (Å²) in [6.07, 6.45) is 83.5. The van der Waals surface area contributed by atoms with Crippen LogP contribution < -0.4 is 5.32 Å². The number of rotatable bonds is 64. The number of hydrogen-bond acceptors (Lipinski definition) is 5. The van der Waals surface area contributed by atoms with Gasteiger partial charge in [-0.3, -0.25) is 9.59 Å². The molecule has 0 heterocycles. The van der Waals surface area contributed by atoms with E-state index in [4.69, 9.17) is 4.74 Å². The Morgan fingerprint density at radius 1 is 0.355 bits per heavy atom. The van der Waals surface area contributed by atoms with Crippen LogP contribution in [-0.2, 0) is 14.3 Å². The van der Waals surface area contributed by atoms with Crippen LogP contribution in [0.15, 0.2) is 36.5 Å². The van der Waals surface area contributed by atoms with Crippen molar-refractivity contribution in [3.63, 3.8) is 0 Å². The van der Waals surface area contributed by atoms with Crippen molar-refractivity contribution in [2.75, 3.05) is 13.2 Å². The van der Waals surface area contributed by atoms with Gasteiger partial charge in [0.05, 0.1) is 25.4 Å². The molecule has 6 heteroatoms. The van der Waals surface area contributed by atoms with Gasteiger partial charge in [-0.2, -0.15) is 0 Å². The maximum absolute atomic E-state index is 12.5. The lowest BCUT2D eigenvalue weighted by atomic mass is 10.0. The molecule has 1 amide bonds. The summed E-state index contributed by atoms with van der Waals surface area (Å²) in [6, 6.07) is -0.632. The number of allylic oxidation sites excluding steroid dienone is 5. The molecule has 0 aromatic rings. The summed E-state index contributed by atoms with van der Waals surface area (Å²) in [5.74, 6) is -0.0647. The molecular weight excluding hydrogens is 935 g/mol. The fraction of sp³-hybridized carbons (Fsp3) is 0.886. The van der Waals surface area contributed by atoms with Crippen molar-refractivity contribution < 1.29 is 24.5 Å². The molecule has 6 nitrogen and oxygen atoms in total. The average molecular weight is 1070 g/mol. The molecule has 448 valence electrons. The molecule has 0 fully saturated rings. The SMILES string of the molecule is CCCCCCCCC/C=C\CCCCCCCC(=O)OCCCCCCCCCCCCCC/C=C\CCCCCCCCCCC(=O)NC(CO)C(O)/C=C/CCCCCCCCCCCCCCCCCCC. The van der Waals surface area contributed by atoms with Gasteiger partial charge in [-0.1, -0.05) is 314 Å². The van der Waals surface area contributed by atoms with Gasteiger partial charge in [0.25, 0.3) is 0 Å². The Hall–Kier alpha value is -1.92. The minimum absolute atomic E-state index is 0.00506. The number of hydrogen-bond donors (Lipinski definition) is 3. The van der Waals surface area contributed by atoms with E-state index in [0.717, 1.165) is 44.9 Å². The topological polar surface area (TPSA) is 95.9 Å². The fourth-order valence-corrected chi connectivity index (χ4v) is 10.6. The molecule has 2 atom stereocenters. The Bertz CT molecular complexity index is 1230. The number of amides is 1. The van der Waals surface area contributed by atoms with Crippen LogP contribution >= 0.6 is 0 Å². The molecule has 0 spiro atoms. The zero-order valence-corrected chi connectivity index (χ0v) is 51.3. The number of unbranched alkanes of at least 4 members (excludes halogenated alkanes) is 49. The Morgan fingerprint density at radius 3 is 0.934 bits per heavy atom. The van der Waals surface area contributed by atoms with Gasteiger partial charge in [-0.05, 0) is 83.5 Å². The van der Waals surface area contributed by atoms with Crippen LogP contribution in [-0.4, -0.2) is 47.4 Å². The zero-order valence-electron chi connectivity index (χ0n) is 51.3. The molecule has 0 aliphatic heterocycles. The van der Waals surface area contributed by atoms with Crippen molar-refractivity contribution >= 4 is 11.9 Å². The van der Waals surface area contributed by atoms with Crippen molar-refractivity contribution in [1.29, 1.82) is 0 Å². The molecule has 0 aromatic heterocycles. The molecule has 0 aliphatic rings. The molecule has 2 unspecified atom stereocenters. The zero-order chi connectivity index (χ0) is 55.0. The monoisotopic (exact) mass is 1070 g/mol. The maximum atomic E-state index is 12.5. The van der Waals surface area contributed by atoms with Gasteiger partial charge in [-0.25, -0.2) is 0 Å². The Labute approximate surface area is 474 Å². The molecule has 0 saturated carbocycles. The first kappa shape index (κ1) is 74.1. The van der Waals surface area contributed by atoms with Crippen LogP contribution in [0.1, 0.15) is 373 Å². The van der Waals surface area contributed by atoms with Crippen LogP contribution in [0.25, 0.3) is 0 Å². The van der Waals surface area contributed by atoms with Crippen molar-refractivity contribution in [3.8, 4) is 0 Å². The molecule has 0 bridgehead atoms. The Balaban J connectivity index is 3.43. The smallest absolute Gasteiger partial charge is 0.305 e. The number of esters is 1. The largest absolute Gasteiger partial charge is 0.466 e. The first-order valence-electron chi connectivity index (χ1n) is 34.3. The molecule has 0 saturated heterocycles. The summed E-state index contributed by atoms with van der Waals surface area (Å²) < 4.78 is 5.49. The summed E-state index contributed by atoms with van der Waals surface area (Å²) in [5, 5.41) is 23.2. The minimum atomic E-state index is -0.848. The van der Waals surface area contributed by atoms with Gasteiger partial charge in [0.15, 0.2) is 0 Å². The standard InChI is InChI=1S/C70H133NO5/c1-3-5-7-9-11-13-15-17-19-21-28-31-34-38-42-46-50-54-58-62-68(73)67(66-72)71-69(74)63-59-55-51-47-43-39-35-32-29-26-24-22-23-25-27-30-33-37-41-45-49-53-57-61-65-76-70(75)64-60-56-52-48-44-40-36-20-18-16-14-12-10-8-6-4-2/h20,24,26,36,58,62,67-68,72-73H,3-19,21-23,25,27-35,37-57,59-61,63-66H2,1-2H3,(H,71,74)/b26-24-,36-20-,62-58+. The van der Waals surface area contributed by atoms with Gasteiger partial charge >= 0.3 is 5.97 Å². The highest BCUT2D eigenvalue weighted by atomic mass is 16.5. The third kappa shape index (κ3) is 61.3. The third-order valence-electron chi connectivity index (χ3n) is 15.9. The van der Waals surface area contributed by atoms with Crippen LogP contribution in [0.5, 0.6) is 0 Å². The molecular formula is C70H133NO5. The van der Waals surface area contributed by atoms with E-state index in [1.807, 2.05) is 6.08 Å². The van der Waals surface area contributed by atoms with Crippen LogP contribution in [0.2, 0.25) is 0 Å². The Morgan fingerprint density at radius 2 is 0.618 bits per heavy atom. The molecule has 0 aliphatic carbocycles. The van der Waals surface area contributed by atoms with Gasteiger partial charge in [0, 0.05) is 12.8 Å². The second-order valence-electron chi connectivity index (χ2n) is 23.5. The van der Waals surface area contributed by atoms with E-state index < -0.39 is 12.1 Å². The lowest BCUT2D eigenvalue weighted by Gasteiger charge is -2.20. The van der Waals surface area contributed by atoms with E-state index in [-0.39, 0.29) is 18.5 Å².